The summed E-state index contributed by atoms with van der Waals surface area (Å²) >= 11 is 0. The first kappa shape index (κ1) is 47.9. The molecule has 2 saturated carbocycles. The van der Waals surface area contributed by atoms with Gasteiger partial charge < -0.3 is 8.97 Å². The smallest absolute Gasteiger partial charge is 0.131 e. The molecule has 2 rings (SSSR count). The summed E-state index contributed by atoms with van der Waals surface area (Å²) in [6.07, 6.45) is 37.7. The van der Waals surface area contributed by atoms with Crippen molar-refractivity contribution >= 4 is 0 Å². The number of unbranched alkanes of at least 4 members (excludes halogenated alkanes) is 13. The standard InChI is InChI=1S/C46H94N2O4/c1-9-11-13-23-29-42-33-35-46(34-27-21-20-24-30-43(46)41-52-51-40-37-48(6,7)8)45(44(42)31-25-14-12-10-2)32-26-19-17-15-16-18-22-28-38-49-50-39-36-47(3,4)5/h42-45H,9-41H2,1-8H3/q+2/t42?,43?,44?,45?,46-/m1/s1. The normalized spacial score (nSPS) is 24.7. The summed E-state index contributed by atoms with van der Waals surface area (Å²) in [5, 5.41) is 0. The van der Waals surface area contributed by atoms with Gasteiger partial charge in [-0.15, -0.1) is 0 Å². The van der Waals surface area contributed by atoms with Crippen LogP contribution in [0.25, 0.3) is 0 Å². The van der Waals surface area contributed by atoms with E-state index in [1.165, 1.54) is 167 Å². The number of quaternary nitrogens is 2. The largest absolute Gasteiger partial charge is 0.329 e. The second-order valence-corrected chi connectivity index (χ2v) is 19.5. The average Bonchev–Trinajstić information content (AvgIpc) is 3.08. The first-order valence-electron chi connectivity index (χ1n) is 23.1. The van der Waals surface area contributed by atoms with Gasteiger partial charge in [0, 0.05) is 0 Å². The lowest BCUT2D eigenvalue weighted by Gasteiger charge is -2.56. The van der Waals surface area contributed by atoms with Crippen molar-refractivity contribution in [1.82, 2.24) is 0 Å². The van der Waals surface area contributed by atoms with E-state index < -0.39 is 0 Å². The maximum absolute atomic E-state index is 6.22. The van der Waals surface area contributed by atoms with Gasteiger partial charge in [-0.1, -0.05) is 142 Å². The summed E-state index contributed by atoms with van der Waals surface area (Å²) in [7, 11) is 13.3. The lowest BCUT2D eigenvalue weighted by atomic mass is 9.49. The predicted molar refractivity (Wildman–Crippen MR) is 222 cm³/mol. The molecule has 6 heteroatoms. The quantitative estimate of drug-likeness (QED) is 0.0307. The summed E-state index contributed by atoms with van der Waals surface area (Å²) in [6, 6.07) is 0. The highest BCUT2D eigenvalue weighted by atomic mass is 17.2. The van der Waals surface area contributed by atoms with Crippen LogP contribution in [0.15, 0.2) is 0 Å². The summed E-state index contributed by atoms with van der Waals surface area (Å²) in [6.45, 7) is 9.59. The number of nitrogens with zero attached hydrogens (tertiary/aromatic N) is 2. The Morgan fingerprint density at radius 3 is 1.63 bits per heavy atom. The van der Waals surface area contributed by atoms with Crippen molar-refractivity contribution in [3.05, 3.63) is 0 Å². The highest BCUT2D eigenvalue weighted by Gasteiger charge is 2.51. The fourth-order valence-electron chi connectivity index (χ4n) is 9.82. The van der Waals surface area contributed by atoms with Gasteiger partial charge in [-0.25, -0.2) is 19.6 Å². The van der Waals surface area contributed by atoms with Gasteiger partial charge in [0.15, 0.2) is 0 Å². The second-order valence-electron chi connectivity index (χ2n) is 19.5. The summed E-state index contributed by atoms with van der Waals surface area (Å²) in [5.74, 6) is 3.36. The Morgan fingerprint density at radius 1 is 0.481 bits per heavy atom. The van der Waals surface area contributed by atoms with Crippen molar-refractivity contribution in [2.75, 3.05) is 81.8 Å². The molecule has 0 aromatic heterocycles. The van der Waals surface area contributed by atoms with E-state index >= 15 is 0 Å². The molecule has 0 radical (unpaired) electrons. The van der Waals surface area contributed by atoms with Gasteiger partial charge in [0.1, 0.15) is 26.3 Å². The lowest BCUT2D eigenvalue weighted by Crippen LogP contribution is -2.49. The van der Waals surface area contributed by atoms with E-state index in [9.17, 15) is 0 Å². The third-order valence-electron chi connectivity index (χ3n) is 13.0. The van der Waals surface area contributed by atoms with Crippen LogP contribution < -0.4 is 0 Å². The maximum Gasteiger partial charge on any atom is 0.131 e. The van der Waals surface area contributed by atoms with Crippen LogP contribution in [0.2, 0.25) is 0 Å². The molecule has 0 N–H and O–H groups in total. The minimum atomic E-state index is 0.441. The zero-order valence-corrected chi connectivity index (χ0v) is 36.7. The topological polar surface area (TPSA) is 36.9 Å². The molecule has 0 amide bonds. The third kappa shape index (κ3) is 21.2. The minimum Gasteiger partial charge on any atom is -0.329 e. The van der Waals surface area contributed by atoms with Crippen molar-refractivity contribution in [3.8, 4) is 0 Å². The Balaban J connectivity index is 2.03. The molecule has 6 nitrogen and oxygen atoms in total. The maximum atomic E-state index is 6.22. The number of hydrogen-bond donors (Lipinski definition) is 0. The fraction of sp³-hybridized carbons (Fsp3) is 1.00. The molecule has 4 unspecified atom stereocenters. The van der Waals surface area contributed by atoms with Crippen LogP contribution in [0.4, 0.5) is 0 Å². The molecule has 1 spiro atoms. The Hall–Kier alpha value is -0.240. The molecule has 0 heterocycles. The van der Waals surface area contributed by atoms with Crippen molar-refractivity contribution in [2.24, 2.45) is 29.1 Å². The molecule has 52 heavy (non-hydrogen) atoms. The molecule has 0 aliphatic heterocycles. The van der Waals surface area contributed by atoms with Crippen LogP contribution in [0.1, 0.15) is 187 Å². The average molecular weight is 739 g/mol. The first-order chi connectivity index (χ1) is 25.0. The van der Waals surface area contributed by atoms with E-state index in [-0.39, 0.29) is 0 Å². The minimum absolute atomic E-state index is 0.441. The highest BCUT2D eigenvalue weighted by Crippen LogP contribution is 2.59. The van der Waals surface area contributed by atoms with E-state index in [1.54, 1.807) is 0 Å². The van der Waals surface area contributed by atoms with Crippen LogP contribution in [-0.4, -0.2) is 90.8 Å². The Labute approximate surface area is 325 Å². The fourth-order valence-corrected chi connectivity index (χ4v) is 9.82. The summed E-state index contributed by atoms with van der Waals surface area (Å²) < 4.78 is 1.83. The van der Waals surface area contributed by atoms with Crippen LogP contribution in [0, 0.1) is 29.1 Å². The summed E-state index contributed by atoms with van der Waals surface area (Å²) in [5.41, 5.74) is 0.441. The van der Waals surface area contributed by atoms with Crippen LogP contribution in [0.5, 0.6) is 0 Å². The van der Waals surface area contributed by atoms with Gasteiger partial charge in [-0.3, -0.25) is 0 Å². The zero-order valence-electron chi connectivity index (χ0n) is 36.7. The molecule has 0 bridgehead atoms. The van der Waals surface area contributed by atoms with Crippen molar-refractivity contribution in [2.45, 2.75) is 187 Å². The van der Waals surface area contributed by atoms with Crippen LogP contribution in [0.3, 0.4) is 0 Å². The van der Waals surface area contributed by atoms with Crippen LogP contribution in [-0.2, 0) is 19.6 Å². The Kier molecular flexibility index (Phi) is 26.0. The van der Waals surface area contributed by atoms with Crippen molar-refractivity contribution in [3.63, 3.8) is 0 Å². The molecular formula is C46H94N2O4+2. The lowest BCUT2D eigenvalue weighted by molar-refractivity contribution is -0.871. The van der Waals surface area contributed by atoms with Gasteiger partial charge in [0.05, 0.1) is 55.5 Å². The zero-order chi connectivity index (χ0) is 38.0. The van der Waals surface area contributed by atoms with E-state index in [0.29, 0.717) is 24.5 Å². The van der Waals surface area contributed by atoms with Crippen LogP contribution >= 0.6 is 0 Å². The number of likely N-dealkylation sites (N-methyl/N-ethyl adjacent to an activating group) is 2. The molecule has 0 aromatic carbocycles. The van der Waals surface area contributed by atoms with Gasteiger partial charge in [0.25, 0.3) is 0 Å². The molecule has 0 aromatic rings. The number of rotatable bonds is 31. The molecule has 5 atom stereocenters. The monoisotopic (exact) mass is 739 g/mol. The van der Waals surface area contributed by atoms with Crippen molar-refractivity contribution < 1.29 is 28.5 Å². The number of hydrogen-bond acceptors (Lipinski definition) is 4. The van der Waals surface area contributed by atoms with Crippen molar-refractivity contribution in [1.29, 1.82) is 0 Å². The molecule has 0 saturated heterocycles. The van der Waals surface area contributed by atoms with E-state index in [4.69, 9.17) is 19.6 Å². The van der Waals surface area contributed by atoms with Gasteiger partial charge in [0.2, 0.25) is 0 Å². The molecule has 310 valence electrons. The third-order valence-corrected chi connectivity index (χ3v) is 13.0. The predicted octanol–water partition coefficient (Wildman–Crippen LogP) is 12.3. The second kappa shape index (κ2) is 28.2. The molecule has 2 aliphatic rings. The highest BCUT2D eigenvalue weighted by molar-refractivity contribution is 5.01. The van der Waals surface area contributed by atoms with Gasteiger partial charge in [-0.05, 0) is 74.0 Å². The first-order valence-corrected chi connectivity index (χ1v) is 23.1. The molecular weight excluding hydrogens is 645 g/mol. The van der Waals surface area contributed by atoms with E-state index in [2.05, 4.69) is 56.1 Å². The molecule has 2 aliphatic carbocycles. The molecule has 2 fully saturated rings. The Morgan fingerprint density at radius 2 is 1.00 bits per heavy atom. The Bertz CT molecular complexity index is 826. The SMILES string of the molecule is CCCCCCC1CC[C@@]2(CCCCCCC2COOCC[N+](C)(C)C)C(CCCCCCCCCCOOCC[N+](C)(C)C)C1CCCCCC. The van der Waals surface area contributed by atoms with Gasteiger partial charge >= 0.3 is 0 Å². The summed E-state index contributed by atoms with van der Waals surface area (Å²) in [4.78, 5) is 22.9. The van der Waals surface area contributed by atoms with E-state index in [1.807, 2.05) is 0 Å². The van der Waals surface area contributed by atoms with Gasteiger partial charge in [-0.2, -0.15) is 0 Å². The van der Waals surface area contributed by atoms with E-state index in [0.717, 1.165) is 59.4 Å².